The SMILES string of the molecule is NCc1ccc(Br)c(S(=O)(=O)Nc2ncccn2)c1. The van der Waals surface area contributed by atoms with Gasteiger partial charge in [0.2, 0.25) is 5.95 Å². The van der Waals surface area contributed by atoms with E-state index in [4.69, 9.17) is 5.73 Å². The van der Waals surface area contributed by atoms with Crippen molar-refractivity contribution in [3.8, 4) is 0 Å². The smallest absolute Gasteiger partial charge is 0.265 e. The molecule has 0 unspecified atom stereocenters. The molecular weight excluding hydrogens is 332 g/mol. The first kappa shape index (κ1) is 13.9. The molecule has 1 aromatic heterocycles. The first-order chi connectivity index (χ1) is 9.03. The van der Waals surface area contributed by atoms with E-state index >= 15 is 0 Å². The van der Waals surface area contributed by atoms with Crippen LogP contribution in [0.1, 0.15) is 5.56 Å². The van der Waals surface area contributed by atoms with Crippen molar-refractivity contribution in [1.29, 1.82) is 0 Å². The van der Waals surface area contributed by atoms with E-state index in [1.54, 1.807) is 18.2 Å². The number of sulfonamides is 1. The summed E-state index contributed by atoms with van der Waals surface area (Å²) < 4.78 is 27.2. The lowest BCUT2D eigenvalue weighted by atomic mass is 10.2. The molecule has 2 rings (SSSR count). The number of nitrogens with one attached hydrogen (secondary N) is 1. The zero-order chi connectivity index (χ0) is 13.9. The third-order valence-electron chi connectivity index (χ3n) is 2.31. The molecule has 0 aliphatic carbocycles. The molecule has 1 heterocycles. The maximum atomic E-state index is 12.2. The summed E-state index contributed by atoms with van der Waals surface area (Å²) in [6.07, 6.45) is 2.91. The average molecular weight is 343 g/mol. The van der Waals surface area contributed by atoms with Gasteiger partial charge in [-0.3, -0.25) is 0 Å². The molecule has 0 atom stereocenters. The molecule has 0 aliphatic heterocycles. The highest BCUT2D eigenvalue weighted by Gasteiger charge is 2.19. The van der Waals surface area contributed by atoms with Gasteiger partial charge < -0.3 is 5.73 Å². The lowest BCUT2D eigenvalue weighted by Crippen LogP contribution is -2.16. The van der Waals surface area contributed by atoms with Crippen LogP contribution in [-0.4, -0.2) is 18.4 Å². The number of halogens is 1. The molecule has 19 heavy (non-hydrogen) atoms. The molecule has 8 heteroatoms. The van der Waals surface area contributed by atoms with Crippen molar-refractivity contribution in [2.45, 2.75) is 11.4 Å². The summed E-state index contributed by atoms with van der Waals surface area (Å²) in [5.74, 6) is 0.0209. The van der Waals surface area contributed by atoms with Crippen LogP contribution in [0.4, 0.5) is 5.95 Å². The molecule has 3 N–H and O–H groups in total. The standard InChI is InChI=1S/C11H11BrN4O2S/c12-9-3-2-8(7-13)6-10(9)19(17,18)16-11-14-4-1-5-15-11/h1-6H,7,13H2,(H,14,15,16). The fourth-order valence-corrected chi connectivity index (χ4v) is 3.38. The monoisotopic (exact) mass is 342 g/mol. The fraction of sp³-hybridized carbons (Fsp3) is 0.0909. The van der Waals surface area contributed by atoms with Gasteiger partial charge in [-0.25, -0.2) is 23.1 Å². The second kappa shape index (κ2) is 5.64. The Balaban J connectivity index is 2.39. The zero-order valence-corrected chi connectivity index (χ0v) is 12.1. The maximum absolute atomic E-state index is 12.2. The van der Waals surface area contributed by atoms with Crippen LogP contribution in [0.25, 0.3) is 0 Å². The van der Waals surface area contributed by atoms with E-state index in [-0.39, 0.29) is 17.4 Å². The van der Waals surface area contributed by atoms with Crippen LogP contribution in [0.15, 0.2) is 46.0 Å². The van der Waals surface area contributed by atoms with Crippen molar-refractivity contribution < 1.29 is 8.42 Å². The van der Waals surface area contributed by atoms with Gasteiger partial charge in [0.05, 0.1) is 0 Å². The first-order valence-electron chi connectivity index (χ1n) is 5.31. The van der Waals surface area contributed by atoms with E-state index in [2.05, 4.69) is 30.6 Å². The van der Waals surface area contributed by atoms with Crippen molar-refractivity contribution in [2.24, 2.45) is 5.73 Å². The summed E-state index contributed by atoms with van der Waals surface area (Å²) in [4.78, 5) is 7.74. The van der Waals surface area contributed by atoms with Crippen LogP contribution < -0.4 is 10.5 Å². The average Bonchev–Trinajstić information content (AvgIpc) is 2.39. The number of hydrogen-bond acceptors (Lipinski definition) is 5. The minimum Gasteiger partial charge on any atom is -0.326 e. The Hall–Kier alpha value is -1.51. The summed E-state index contributed by atoms with van der Waals surface area (Å²) in [5, 5.41) is 0. The van der Waals surface area contributed by atoms with E-state index in [1.165, 1.54) is 18.5 Å². The van der Waals surface area contributed by atoms with Crippen LogP contribution in [0, 0.1) is 0 Å². The topological polar surface area (TPSA) is 98.0 Å². The molecule has 0 radical (unpaired) electrons. The fourth-order valence-electron chi connectivity index (χ4n) is 1.41. The van der Waals surface area contributed by atoms with E-state index in [0.29, 0.717) is 4.47 Å². The summed E-state index contributed by atoms with van der Waals surface area (Å²) in [6, 6.07) is 6.50. The van der Waals surface area contributed by atoms with Crippen molar-refractivity contribution in [2.75, 3.05) is 4.72 Å². The molecule has 1 aromatic carbocycles. The largest absolute Gasteiger partial charge is 0.326 e. The van der Waals surface area contributed by atoms with Crippen molar-refractivity contribution in [1.82, 2.24) is 9.97 Å². The van der Waals surface area contributed by atoms with Gasteiger partial charge in [-0.05, 0) is 39.7 Å². The number of aromatic nitrogens is 2. The lowest BCUT2D eigenvalue weighted by molar-refractivity contribution is 0.600. The van der Waals surface area contributed by atoms with Gasteiger partial charge >= 0.3 is 0 Å². The van der Waals surface area contributed by atoms with Gasteiger partial charge in [-0.1, -0.05) is 6.07 Å². The first-order valence-corrected chi connectivity index (χ1v) is 7.59. The third kappa shape index (κ3) is 3.28. The Bertz CT molecular complexity index is 676. The Morgan fingerprint density at radius 2 is 1.95 bits per heavy atom. The highest BCUT2D eigenvalue weighted by Crippen LogP contribution is 2.24. The molecule has 0 fully saturated rings. The number of nitrogens with two attached hydrogens (primary N) is 1. The molecule has 0 bridgehead atoms. The van der Waals surface area contributed by atoms with Crippen LogP contribution >= 0.6 is 15.9 Å². The van der Waals surface area contributed by atoms with Crippen LogP contribution in [-0.2, 0) is 16.6 Å². The predicted molar refractivity (Wildman–Crippen MR) is 74.9 cm³/mol. The number of anilines is 1. The maximum Gasteiger partial charge on any atom is 0.265 e. The lowest BCUT2D eigenvalue weighted by Gasteiger charge is -2.09. The van der Waals surface area contributed by atoms with Gasteiger partial charge in [0.15, 0.2) is 0 Å². The summed E-state index contributed by atoms with van der Waals surface area (Å²) in [7, 11) is -3.75. The normalized spacial score (nSPS) is 11.3. The number of benzene rings is 1. The van der Waals surface area contributed by atoms with E-state index in [9.17, 15) is 8.42 Å². The van der Waals surface area contributed by atoms with Gasteiger partial charge in [0.25, 0.3) is 10.0 Å². The van der Waals surface area contributed by atoms with Crippen molar-refractivity contribution in [3.63, 3.8) is 0 Å². The molecule has 0 saturated heterocycles. The van der Waals surface area contributed by atoms with E-state index in [0.717, 1.165) is 5.56 Å². The quantitative estimate of drug-likeness (QED) is 0.877. The molecule has 0 aliphatic rings. The molecular formula is C11H11BrN4O2S. The number of hydrogen-bond donors (Lipinski definition) is 2. The molecule has 100 valence electrons. The van der Waals surface area contributed by atoms with Crippen molar-refractivity contribution in [3.05, 3.63) is 46.7 Å². The summed E-state index contributed by atoms with van der Waals surface area (Å²) in [5.41, 5.74) is 6.23. The van der Waals surface area contributed by atoms with Gasteiger partial charge in [0, 0.05) is 23.4 Å². The molecule has 2 aromatic rings. The van der Waals surface area contributed by atoms with Crippen molar-refractivity contribution >= 4 is 31.9 Å². The minimum absolute atomic E-state index is 0.0209. The minimum atomic E-state index is -3.75. The Morgan fingerprint density at radius 1 is 1.26 bits per heavy atom. The third-order valence-corrected chi connectivity index (χ3v) is 4.63. The number of rotatable bonds is 4. The molecule has 6 nitrogen and oxygen atoms in total. The second-order valence-electron chi connectivity index (χ2n) is 3.65. The molecule has 0 spiro atoms. The molecule has 0 amide bonds. The highest BCUT2D eigenvalue weighted by molar-refractivity contribution is 9.10. The zero-order valence-electron chi connectivity index (χ0n) is 9.75. The van der Waals surface area contributed by atoms with Crippen LogP contribution in [0.5, 0.6) is 0 Å². The Morgan fingerprint density at radius 3 is 2.58 bits per heavy atom. The van der Waals surface area contributed by atoms with Gasteiger partial charge in [-0.15, -0.1) is 0 Å². The van der Waals surface area contributed by atoms with Gasteiger partial charge in [-0.2, -0.15) is 0 Å². The van der Waals surface area contributed by atoms with E-state index < -0.39 is 10.0 Å². The summed E-state index contributed by atoms with van der Waals surface area (Å²) in [6.45, 7) is 0.262. The number of nitrogens with zero attached hydrogens (tertiary/aromatic N) is 2. The Labute approximate surface area is 119 Å². The molecule has 0 saturated carbocycles. The summed E-state index contributed by atoms with van der Waals surface area (Å²) >= 11 is 3.21. The Kier molecular flexibility index (Phi) is 4.13. The van der Waals surface area contributed by atoms with E-state index in [1.807, 2.05) is 0 Å². The highest BCUT2D eigenvalue weighted by atomic mass is 79.9. The van der Waals surface area contributed by atoms with Gasteiger partial charge in [0.1, 0.15) is 4.90 Å². The second-order valence-corrected chi connectivity index (χ2v) is 6.15. The van der Waals surface area contributed by atoms with Crippen LogP contribution in [0.2, 0.25) is 0 Å². The predicted octanol–water partition coefficient (Wildman–Crippen LogP) is 1.50. The van der Waals surface area contributed by atoms with Crippen LogP contribution in [0.3, 0.4) is 0 Å².